The Hall–Kier alpha value is -2.11. The van der Waals surface area contributed by atoms with Crippen LogP contribution in [0.2, 0.25) is 5.02 Å². The number of fused-ring (bicyclic) bond motifs is 1. The maximum Gasteiger partial charge on any atom is 0.259 e. The third-order valence-electron chi connectivity index (χ3n) is 4.53. The van der Waals surface area contributed by atoms with Gasteiger partial charge in [0.25, 0.3) is 5.56 Å². The van der Waals surface area contributed by atoms with Crippen molar-refractivity contribution in [2.75, 3.05) is 13.2 Å². The number of benzene rings is 1. The average Bonchev–Trinajstić information content (AvgIpc) is 3.22. The first-order valence-electron chi connectivity index (χ1n) is 8.05. The van der Waals surface area contributed by atoms with Gasteiger partial charge in [-0.05, 0) is 25.5 Å². The van der Waals surface area contributed by atoms with E-state index < -0.39 is 0 Å². The fourth-order valence-electron chi connectivity index (χ4n) is 3.18. The molecule has 2 aromatic heterocycles. The molecule has 0 N–H and O–H groups in total. The van der Waals surface area contributed by atoms with Crippen molar-refractivity contribution in [2.24, 2.45) is 5.92 Å². The molecule has 124 valence electrons. The summed E-state index contributed by atoms with van der Waals surface area (Å²) in [5, 5.41) is 0.680. The minimum Gasteiger partial charge on any atom is -0.381 e. The van der Waals surface area contributed by atoms with Crippen molar-refractivity contribution >= 4 is 17.4 Å². The number of nitrogens with zero attached hydrogens (tertiary/aromatic N) is 3. The van der Waals surface area contributed by atoms with Crippen molar-refractivity contribution in [2.45, 2.75) is 19.9 Å². The van der Waals surface area contributed by atoms with Gasteiger partial charge in [-0.1, -0.05) is 23.7 Å². The first-order valence-corrected chi connectivity index (χ1v) is 8.43. The van der Waals surface area contributed by atoms with E-state index in [0.717, 1.165) is 43.1 Å². The van der Waals surface area contributed by atoms with Crippen molar-refractivity contribution in [3.8, 4) is 11.3 Å². The van der Waals surface area contributed by atoms with Crippen LogP contribution in [0.1, 0.15) is 12.1 Å². The molecule has 1 fully saturated rings. The fourth-order valence-corrected chi connectivity index (χ4v) is 3.30. The molecule has 1 aliphatic rings. The monoisotopic (exact) mass is 343 g/mol. The van der Waals surface area contributed by atoms with E-state index in [-0.39, 0.29) is 5.56 Å². The molecule has 3 heterocycles. The number of aromatic nitrogens is 3. The van der Waals surface area contributed by atoms with Crippen LogP contribution in [0, 0.1) is 12.8 Å². The van der Waals surface area contributed by atoms with Crippen molar-refractivity contribution < 1.29 is 4.74 Å². The van der Waals surface area contributed by atoms with Gasteiger partial charge < -0.3 is 9.30 Å². The number of ether oxygens (including phenoxy) is 1. The summed E-state index contributed by atoms with van der Waals surface area (Å²) in [6.07, 6.45) is 2.84. The molecule has 0 amide bonds. The van der Waals surface area contributed by atoms with E-state index in [0.29, 0.717) is 16.7 Å². The summed E-state index contributed by atoms with van der Waals surface area (Å²) in [4.78, 5) is 17.1. The van der Waals surface area contributed by atoms with Crippen LogP contribution in [0.25, 0.3) is 17.0 Å². The number of rotatable bonds is 3. The van der Waals surface area contributed by atoms with Crippen molar-refractivity contribution in [3.63, 3.8) is 0 Å². The number of aryl methyl sites for hydroxylation is 1. The Morgan fingerprint density at radius 3 is 2.83 bits per heavy atom. The molecule has 1 atom stereocenters. The molecular weight excluding hydrogens is 326 g/mol. The summed E-state index contributed by atoms with van der Waals surface area (Å²) < 4.78 is 9.20. The second-order valence-corrected chi connectivity index (χ2v) is 6.70. The number of hydrogen-bond donors (Lipinski definition) is 0. The molecule has 3 aromatic rings. The summed E-state index contributed by atoms with van der Waals surface area (Å²) in [6, 6.07) is 9.14. The van der Waals surface area contributed by atoms with Crippen molar-refractivity contribution in [1.82, 2.24) is 14.0 Å². The van der Waals surface area contributed by atoms with Crippen LogP contribution >= 0.6 is 11.6 Å². The molecule has 24 heavy (non-hydrogen) atoms. The summed E-state index contributed by atoms with van der Waals surface area (Å²) in [6.45, 7) is 4.34. The fraction of sp³-hybridized carbons (Fsp3) is 0.333. The summed E-state index contributed by atoms with van der Waals surface area (Å²) in [5.74, 6) is 1.14. The van der Waals surface area contributed by atoms with Gasteiger partial charge in [-0.3, -0.25) is 9.20 Å². The lowest BCUT2D eigenvalue weighted by atomic mass is 10.1. The molecule has 1 unspecified atom stereocenters. The predicted molar refractivity (Wildman–Crippen MR) is 93.6 cm³/mol. The minimum atomic E-state index is -0.0610. The number of hydrogen-bond acceptors (Lipinski definition) is 3. The van der Waals surface area contributed by atoms with E-state index in [2.05, 4.69) is 4.57 Å². The molecule has 6 heteroatoms. The van der Waals surface area contributed by atoms with E-state index in [1.54, 1.807) is 16.7 Å². The van der Waals surface area contributed by atoms with Crippen LogP contribution in [0.5, 0.6) is 0 Å². The normalized spacial score (nSPS) is 17.7. The molecular formula is C18H18ClN3O2. The summed E-state index contributed by atoms with van der Waals surface area (Å²) in [5.41, 5.74) is 2.57. The van der Waals surface area contributed by atoms with Crippen LogP contribution < -0.4 is 5.56 Å². The third-order valence-corrected chi connectivity index (χ3v) is 4.78. The Balaban J connectivity index is 1.83. The largest absolute Gasteiger partial charge is 0.381 e. The SMILES string of the molecule is Cc1cc(=O)n2cc(-c3ccc(Cl)cc3)nc2n1CC1CCOC1. The van der Waals surface area contributed by atoms with Crippen molar-refractivity contribution in [1.29, 1.82) is 0 Å². The van der Waals surface area contributed by atoms with Gasteiger partial charge in [-0.25, -0.2) is 4.98 Å². The van der Waals surface area contributed by atoms with Gasteiger partial charge in [0.1, 0.15) is 0 Å². The van der Waals surface area contributed by atoms with Crippen LogP contribution in [0.15, 0.2) is 41.3 Å². The summed E-state index contributed by atoms with van der Waals surface area (Å²) in [7, 11) is 0. The first kappa shape index (κ1) is 15.4. The van der Waals surface area contributed by atoms with Crippen molar-refractivity contribution in [3.05, 3.63) is 57.6 Å². The third kappa shape index (κ3) is 2.74. The zero-order chi connectivity index (χ0) is 16.7. The second kappa shape index (κ2) is 6.07. The zero-order valence-corrected chi connectivity index (χ0v) is 14.2. The van der Waals surface area contributed by atoms with E-state index >= 15 is 0 Å². The Bertz CT molecular complexity index is 937. The lowest BCUT2D eigenvalue weighted by Gasteiger charge is -2.15. The van der Waals surface area contributed by atoms with Crippen LogP contribution in [-0.2, 0) is 11.3 Å². The Morgan fingerprint density at radius 2 is 2.12 bits per heavy atom. The van der Waals surface area contributed by atoms with Gasteiger partial charge >= 0.3 is 0 Å². The number of halogens is 1. The van der Waals surface area contributed by atoms with Crippen LogP contribution in [-0.4, -0.2) is 27.2 Å². The van der Waals surface area contributed by atoms with Gasteiger partial charge in [0.05, 0.1) is 12.3 Å². The molecule has 5 nitrogen and oxygen atoms in total. The second-order valence-electron chi connectivity index (χ2n) is 6.27. The maximum atomic E-state index is 12.4. The highest BCUT2D eigenvalue weighted by molar-refractivity contribution is 6.30. The van der Waals surface area contributed by atoms with Gasteiger partial charge in [0.2, 0.25) is 5.78 Å². The molecule has 1 aromatic carbocycles. The molecule has 1 aliphatic heterocycles. The topological polar surface area (TPSA) is 48.5 Å². The highest BCUT2D eigenvalue weighted by Crippen LogP contribution is 2.22. The van der Waals surface area contributed by atoms with Gasteiger partial charge in [0.15, 0.2) is 0 Å². The smallest absolute Gasteiger partial charge is 0.259 e. The van der Waals surface area contributed by atoms with E-state index in [4.69, 9.17) is 21.3 Å². The molecule has 1 saturated heterocycles. The molecule has 0 bridgehead atoms. The predicted octanol–water partition coefficient (Wildman–Crippen LogP) is 3.16. The molecule has 0 radical (unpaired) electrons. The van der Waals surface area contributed by atoms with E-state index in [9.17, 15) is 4.79 Å². The molecule has 0 spiro atoms. The van der Waals surface area contributed by atoms with Gasteiger partial charge in [-0.2, -0.15) is 0 Å². The molecule has 4 rings (SSSR count). The van der Waals surface area contributed by atoms with Gasteiger partial charge in [-0.15, -0.1) is 0 Å². The van der Waals surface area contributed by atoms with Crippen LogP contribution in [0.3, 0.4) is 0 Å². The quantitative estimate of drug-likeness (QED) is 0.734. The molecule has 0 aliphatic carbocycles. The minimum absolute atomic E-state index is 0.0610. The Kier molecular flexibility index (Phi) is 3.90. The zero-order valence-electron chi connectivity index (χ0n) is 13.4. The van der Waals surface area contributed by atoms with E-state index in [1.165, 1.54) is 0 Å². The highest BCUT2D eigenvalue weighted by Gasteiger charge is 2.19. The van der Waals surface area contributed by atoms with Gasteiger partial charge in [0, 0.05) is 47.6 Å². The Labute approximate surface area is 144 Å². The lowest BCUT2D eigenvalue weighted by molar-refractivity contribution is 0.182. The highest BCUT2D eigenvalue weighted by atomic mass is 35.5. The lowest BCUT2D eigenvalue weighted by Crippen LogP contribution is -2.21. The first-order chi connectivity index (χ1) is 11.6. The summed E-state index contributed by atoms with van der Waals surface area (Å²) >= 11 is 5.95. The maximum absolute atomic E-state index is 12.4. The van der Waals surface area contributed by atoms with Crippen LogP contribution in [0.4, 0.5) is 0 Å². The van der Waals surface area contributed by atoms with E-state index in [1.807, 2.05) is 31.2 Å². The number of imidazole rings is 1. The standard InChI is InChI=1S/C18H18ClN3O2/c1-12-8-17(23)22-10-16(14-2-4-15(19)5-3-14)20-18(22)21(12)9-13-6-7-24-11-13/h2-5,8,10,13H,6-7,9,11H2,1H3. The Morgan fingerprint density at radius 1 is 1.33 bits per heavy atom. The average molecular weight is 344 g/mol. The molecule has 0 saturated carbocycles.